The number of carbonyl (C=O) groups excluding carboxylic acids is 1. The van der Waals surface area contributed by atoms with Crippen LogP contribution in [0.4, 0.5) is 0 Å². The van der Waals surface area contributed by atoms with Gasteiger partial charge in [-0.1, -0.05) is 23.8 Å². The minimum Gasteiger partial charge on any atom is -0.299 e. The van der Waals surface area contributed by atoms with Crippen molar-refractivity contribution in [1.82, 2.24) is 0 Å². The molecule has 0 aromatic heterocycles. The zero-order valence-electron chi connectivity index (χ0n) is 6.55. The van der Waals surface area contributed by atoms with Crippen molar-refractivity contribution < 1.29 is 4.79 Å². The van der Waals surface area contributed by atoms with Gasteiger partial charge in [-0.3, -0.25) is 4.79 Å². The van der Waals surface area contributed by atoms with Crippen molar-refractivity contribution >= 4 is 5.78 Å². The third-order valence-corrected chi connectivity index (χ3v) is 2.56. The highest BCUT2D eigenvalue weighted by Crippen LogP contribution is 2.32. The molecule has 11 heavy (non-hydrogen) atoms. The lowest BCUT2D eigenvalue weighted by Crippen LogP contribution is -2.17. The average molecular weight is 148 g/mol. The maximum Gasteiger partial charge on any atom is 0.136 e. The molecule has 1 saturated carbocycles. The first-order valence-electron chi connectivity index (χ1n) is 4.23. The van der Waals surface area contributed by atoms with Crippen molar-refractivity contribution in [3.8, 4) is 0 Å². The van der Waals surface area contributed by atoms with E-state index in [0.717, 1.165) is 25.7 Å². The number of fused-ring (bicyclic) bond motifs is 1. The zero-order chi connectivity index (χ0) is 7.68. The molecule has 0 aromatic carbocycles. The summed E-state index contributed by atoms with van der Waals surface area (Å²) < 4.78 is 0. The molecule has 0 spiro atoms. The monoisotopic (exact) mass is 148 g/mol. The Hall–Kier alpha value is -0.850. The first-order valence-corrected chi connectivity index (χ1v) is 4.23. The van der Waals surface area contributed by atoms with Crippen LogP contribution in [0, 0.1) is 5.92 Å². The third-order valence-electron chi connectivity index (χ3n) is 2.56. The van der Waals surface area contributed by atoms with E-state index in [1.807, 2.05) is 0 Å². The van der Waals surface area contributed by atoms with E-state index >= 15 is 0 Å². The molecule has 0 amide bonds. The van der Waals surface area contributed by atoms with Gasteiger partial charge in [0.1, 0.15) is 5.78 Å². The summed E-state index contributed by atoms with van der Waals surface area (Å²) in [7, 11) is 0. The summed E-state index contributed by atoms with van der Waals surface area (Å²) >= 11 is 0. The van der Waals surface area contributed by atoms with Crippen LogP contribution in [0.5, 0.6) is 0 Å². The minimum absolute atomic E-state index is 0.419. The van der Waals surface area contributed by atoms with Crippen molar-refractivity contribution in [1.29, 1.82) is 0 Å². The van der Waals surface area contributed by atoms with E-state index in [0.29, 0.717) is 11.7 Å². The Kier molecular flexibility index (Phi) is 1.65. The highest BCUT2D eigenvalue weighted by molar-refractivity contribution is 5.82. The Morgan fingerprint density at radius 2 is 2.36 bits per heavy atom. The Bertz CT molecular complexity index is 235. The largest absolute Gasteiger partial charge is 0.299 e. The first-order chi connectivity index (χ1) is 5.36. The lowest BCUT2D eigenvalue weighted by molar-refractivity contribution is -0.119. The van der Waals surface area contributed by atoms with Gasteiger partial charge < -0.3 is 0 Å². The predicted octanol–water partition coefficient (Wildman–Crippen LogP) is 2.24. The first kappa shape index (κ1) is 6.84. The van der Waals surface area contributed by atoms with Crippen LogP contribution >= 0.6 is 0 Å². The van der Waals surface area contributed by atoms with Crippen LogP contribution in [0.1, 0.15) is 25.7 Å². The van der Waals surface area contributed by atoms with E-state index in [2.05, 4.69) is 18.2 Å². The Morgan fingerprint density at radius 1 is 1.45 bits per heavy atom. The molecule has 1 nitrogen and oxygen atoms in total. The molecule has 0 radical (unpaired) electrons. The van der Waals surface area contributed by atoms with E-state index in [9.17, 15) is 4.79 Å². The average Bonchev–Trinajstić information content (AvgIpc) is 2.04. The second-order valence-electron chi connectivity index (χ2n) is 3.36. The standard InChI is InChI=1S/C10H12O/c11-10-6-5-8-3-1-2-4-9(8)7-10/h1-2,4,8H,3,5-7H2. The Balaban J connectivity index is 2.18. The molecule has 1 fully saturated rings. The highest BCUT2D eigenvalue weighted by atomic mass is 16.1. The van der Waals surface area contributed by atoms with Crippen molar-refractivity contribution in [2.24, 2.45) is 5.92 Å². The maximum absolute atomic E-state index is 11.1. The number of hydrogen-bond donors (Lipinski definition) is 0. The predicted molar refractivity (Wildman–Crippen MR) is 44.2 cm³/mol. The summed E-state index contributed by atoms with van der Waals surface area (Å²) in [6, 6.07) is 0. The summed E-state index contributed by atoms with van der Waals surface area (Å²) in [4.78, 5) is 11.1. The number of ketones is 1. The van der Waals surface area contributed by atoms with Crippen LogP contribution < -0.4 is 0 Å². The van der Waals surface area contributed by atoms with Crippen molar-refractivity contribution in [2.75, 3.05) is 0 Å². The summed E-state index contributed by atoms with van der Waals surface area (Å²) in [6.45, 7) is 0. The lowest BCUT2D eigenvalue weighted by Gasteiger charge is -2.25. The van der Waals surface area contributed by atoms with Gasteiger partial charge in [-0.2, -0.15) is 0 Å². The fraction of sp³-hybridized carbons (Fsp3) is 0.500. The molecule has 1 atom stereocenters. The fourth-order valence-corrected chi connectivity index (χ4v) is 1.88. The zero-order valence-corrected chi connectivity index (χ0v) is 6.55. The third kappa shape index (κ3) is 1.28. The van der Waals surface area contributed by atoms with Gasteiger partial charge in [-0.25, -0.2) is 0 Å². The van der Waals surface area contributed by atoms with Crippen LogP contribution in [-0.2, 0) is 4.79 Å². The molecule has 0 N–H and O–H groups in total. The maximum atomic E-state index is 11.1. The molecular weight excluding hydrogens is 136 g/mol. The second kappa shape index (κ2) is 2.65. The normalized spacial score (nSPS) is 29.6. The summed E-state index contributed by atoms with van der Waals surface area (Å²) in [6.07, 6.45) is 10.1. The number of carbonyl (C=O) groups is 1. The molecule has 0 bridgehead atoms. The van der Waals surface area contributed by atoms with Gasteiger partial charge in [-0.05, 0) is 18.8 Å². The van der Waals surface area contributed by atoms with Crippen LogP contribution in [0.25, 0.3) is 0 Å². The van der Waals surface area contributed by atoms with Crippen molar-refractivity contribution in [3.63, 3.8) is 0 Å². The van der Waals surface area contributed by atoms with Gasteiger partial charge in [0, 0.05) is 12.8 Å². The molecule has 0 heterocycles. The Labute approximate surface area is 66.8 Å². The van der Waals surface area contributed by atoms with E-state index in [-0.39, 0.29) is 0 Å². The molecule has 2 aliphatic carbocycles. The summed E-state index contributed by atoms with van der Waals surface area (Å²) in [5.74, 6) is 1.11. The number of rotatable bonds is 0. The van der Waals surface area contributed by atoms with E-state index in [1.165, 1.54) is 5.57 Å². The lowest BCUT2D eigenvalue weighted by atomic mass is 9.79. The molecule has 58 valence electrons. The van der Waals surface area contributed by atoms with Gasteiger partial charge in [-0.15, -0.1) is 0 Å². The van der Waals surface area contributed by atoms with Crippen LogP contribution in [0.2, 0.25) is 0 Å². The topological polar surface area (TPSA) is 17.1 Å². The van der Waals surface area contributed by atoms with Crippen LogP contribution in [0.15, 0.2) is 23.8 Å². The van der Waals surface area contributed by atoms with Crippen molar-refractivity contribution in [3.05, 3.63) is 23.8 Å². The minimum atomic E-state index is 0.419. The molecule has 2 aliphatic rings. The van der Waals surface area contributed by atoms with Gasteiger partial charge in [0.05, 0.1) is 0 Å². The van der Waals surface area contributed by atoms with Gasteiger partial charge in [0.25, 0.3) is 0 Å². The van der Waals surface area contributed by atoms with E-state index in [1.54, 1.807) is 0 Å². The smallest absolute Gasteiger partial charge is 0.136 e. The highest BCUT2D eigenvalue weighted by Gasteiger charge is 2.23. The van der Waals surface area contributed by atoms with Gasteiger partial charge >= 0.3 is 0 Å². The molecule has 2 rings (SSSR count). The fourth-order valence-electron chi connectivity index (χ4n) is 1.88. The van der Waals surface area contributed by atoms with Crippen molar-refractivity contribution in [2.45, 2.75) is 25.7 Å². The number of hydrogen-bond acceptors (Lipinski definition) is 1. The van der Waals surface area contributed by atoms with Gasteiger partial charge in [0.15, 0.2) is 0 Å². The summed E-state index contributed by atoms with van der Waals surface area (Å²) in [5, 5.41) is 0. The van der Waals surface area contributed by atoms with E-state index in [4.69, 9.17) is 0 Å². The number of Topliss-reactive ketones (excluding diaryl/α,β-unsaturated/α-hetero) is 1. The molecule has 0 aliphatic heterocycles. The molecule has 0 aromatic rings. The van der Waals surface area contributed by atoms with Crippen LogP contribution in [0.3, 0.4) is 0 Å². The summed E-state index contributed by atoms with van der Waals surface area (Å²) in [5.41, 5.74) is 1.36. The molecule has 1 unspecified atom stereocenters. The molecule has 0 saturated heterocycles. The molecular formula is C10H12O. The SMILES string of the molecule is O=C1CCC2CC=CC=C2C1. The van der Waals surface area contributed by atoms with Gasteiger partial charge in [0.2, 0.25) is 0 Å². The molecule has 1 heteroatoms. The Morgan fingerprint density at radius 3 is 3.27 bits per heavy atom. The second-order valence-corrected chi connectivity index (χ2v) is 3.36. The van der Waals surface area contributed by atoms with Crippen LogP contribution in [-0.4, -0.2) is 5.78 Å². The number of allylic oxidation sites excluding steroid dienone is 4. The quantitative estimate of drug-likeness (QED) is 0.515. The van der Waals surface area contributed by atoms with E-state index < -0.39 is 0 Å².